The Morgan fingerprint density at radius 1 is 0.450 bits per heavy atom. The Hall–Kier alpha value is -2.81. The molecule has 0 aliphatic carbocycles. The summed E-state index contributed by atoms with van der Waals surface area (Å²) in [6.45, 7) is 6.73. The summed E-state index contributed by atoms with van der Waals surface area (Å²) in [5.74, 6) is -0.559. The van der Waals surface area contributed by atoms with Gasteiger partial charge >= 0.3 is 5.97 Å². The van der Waals surface area contributed by atoms with E-state index in [0.29, 0.717) is 23.9 Å². The highest BCUT2D eigenvalue weighted by molar-refractivity contribution is 7.45. The van der Waals surface area contributed by atoms with E-state index in [1.807, 2.05) is 33.3 Å². The van der Waals surface area contributed by atoms with Crippen LogP contribution in [0.5, 0.6) is 0 Å². The normalized spacial score (nSPS) is 14.1. The van der Waals surface area contributed by atoms with Gasteiger partial charge in [0.2, 0.25) is 5.91 Å². The summed E-state index contributed by atoms with van der Waals surface area (Å²) in [6.07, 6.45) is 78.4. The number of allylic oxidation sites excluding steroid dienone is 13. The van der Waals surface area contributed by atoms with Crippen molar-refractivity contribution in [2.45, 2.75) is 309 Å². The molecule has 0 aromatic heterocycles. The molecular weight excluding hydrogens is 1010 g/mol. The number of unbranched alkanes of at least 4 members (excludes halogenated alkanes) is 32. The quantitative estimate of drug-likeness (QED) is 0.0212. The molecule has 80 heavy (non-hydrogen) atoms. The van der Waals surface area contributed by atoms with Crippen LogP contribution in [0.25, 0.3) is 0 Å². The lowest BCUT2D eigenvalue weighted by atomic mass is 10.0. The Kier molecular flexibility index (Phi) is 57.3. The number of carbonyl (C=O) groups is 2. The smallest absolute Gasteiger partial charge is 0.306 e. The number of esters is 1. The van der Waals surface area contributed by atoms with Crippen LogP contribution >= 0.6 is 7.82 Å². The third kappa shape index (κ3) is 59.8. The molecule has 0 aliphatic heterocycles. The number of carbonyl (C=O) groups excluding carboxylic acids is 2. The van der Waals surface area contributed by atoms with E-state index in [4.69, 9.17) is 13.8 Å². The maximum Gasteiger partial charge on any atom is 0.306 e. The summed E-state index contributed by atoms with van der Waals surface area (Å²) in [4.78, 5) is 40.1. The van der Waals surface area contributed by atoms with Gasteiger partial charge < -0.3 is 28.5 Å². The van der Waals surface area contributed by atoms with E-state index >= 15 is 0 Å². The number of hydrogen-bond acceptors (Lipinski definition) is 7. The van der Waals surface area contributed by atoms with E-state index in [9.17, 15) is 19.0 Å². The molecule has 464 valence electrons. The number of nitrogens with one attached hydrogen (secondary N) is 1. The van der Waals surface area contributed by atoms with E-state index in [-0.39, 0.29) is 24.9 Å². The van der Waals surface area contributed by atoms with Crippen molar-refractivity contribution in [1.82, 2.24) is 5.32 Å². The predicted molar refractivity (Wildman–Crippen MR) is 344 cm³/mol. The fourth-order valence-corrected chi connectivity index (χ4v) is 10.1. The van der Waals surface area contributed by atoms with Crippen molar-refractivity contribution in [3.05, 3.63) is 85.1 Å². The molecule has 9 nitrogen and oxygen atoms in total. The van der Waals surface area contributed by atoms with Crippen molar-refractivity contribution in [2.24, 2.45) is 0 Å². The first-order chi connectivity index (χ1) is 38.9. The molecule has 1 N–H and O–H groups in total. The monoisotopic (exact) mass is 1140 g/mol. The van der Waals surface area contributed by atoms with Gasteiger partial charge in [-0.1, -0.05) is 267 Å². The van der Waals surface area contributed by atoms with Crippen molar-refractivity contribution in [3.8, 4) is 0 Å². The molecule has 0 saturated carbocycles. The van der Waals surface area contributed by atoms with Gasteiger partial charge in [-0.2, -0.15) is 0 Å². The fraction of sp³-hybridized carbons (Fsp3) is 0.771. The molecule has 0 aliphatic rings. The summed E-state index contributed by atoms with van der Waals surface area (Å²) in [5, 5.41) is 3.02. The van der Waals surface area contributed by atoms with E-state index in [2.05, 4.69) is 99.0 Å². The zero-order valence-corrected chi connectivity index (χ0v) is 53.9. The lowest BCUT2D eigenvalue weighted by Crippen LogP contribution is -2.47. The molecule has 0 aromatic rings. The maximum atomic E-state index is 13.5. The Morgan fingerprint density at radius 3 is 1.23 bits per heavy atom. The van der Waals surface area contributed by atoms with Gasteiger partial charge in [-0.05, 0) is 102 Å². The number of quaternary nitrogens is 1. The molecule has 10 heteroatoms. The van der Waals surface area contributed by atoms with Gasteiger partial charge in [0.1, 0.15) is 19.3 Å². The molecule has 0 fully saturated rings. The van der Waals surface area contributed by atoms with E-state index < -0.39 is 26.6 Å². The predicted octanol–water partition coefficient (Wildman–Crippen LogP) is 20.3. The number of likely N-dealkylation sites (N-methyl/N-ethyl adjacent to an activating group) is 1. The summed E-state index contributed by atoms with van der Waals surface area (Å²) >= 11 is 0. The second-order valence-corrected chi connectivity index (χ2v) is 25.0. The van der Waals surface area contributed by atoms with E-state index in [1.165, 1.54) is 154 Å². The van der Waals surface area contributed by atoms with Crippen LogP contribution in [-0.4, -0.2) is 69.4 Å². The Bertz CT molecular complexity index is 1640. The van der Waals surface area contributed by atoms with Crippen LogP contribution in [0.4, 0.5) is 0 Å². The van der Waals surface area contributed by atoms with Crippen molar-refractivity contribution in [2.75, 3.05) is 40.9 Å². The first kappa shape index (κ1) is 77.2. The molecule has 0 bridgehead atoms. The Balaban J connectivity index is 5.11. The molecule has 0 radical (unpaired) electrons. The number of nitrogens with zero attached hydrogens (tertiary/aromatic N) is 1. The zero-order chi connectivity index (χ0) is 58.6. The lowest BCUT2D eigenvalue weighted by Gasteiger charge is -2.30. The largest absolute Gasteiger partial charge is 0.756 e. The molecule has 3 atom stereocenters. The maximum absolute atomic E-state index is 13.5. The number of ether oxygens (including phenoxy) is 1. The molecular formula is C70H127N2O7P. The van der Waals surface area contributed by atoms with Crippen molar-refractivity contribution >= 4 is 19.7 Å². The second-order valence-electron chi connectivity index (χ2n) is 23.6. The molecule has 0 aromatic carbocycles. The second kappa shape index (κ2) is 59.4. The standard InChI is InChI=1S/C70H127N2O7P/c1-7-10-13-16-19-22-25-28-30-31-32-33-34-35-36-37-38-39-40-41-42-45-48-51-54-57-60-63-70(74)79-68(61-58-55-52-49-46-43-27-24-21-18-15-12-9-3)67(66-78-80(75,76)77-65-64-72(4,5)6)71-69(73)62-59-56-53-50-47-44-29-26-23-20-17-14-11-8-2/h10,13,19,22,28,30,32-33,35-36,44,47,58,61,67-68H,7-9,11-12,14-18,20-21,23-27,29,31,34,37-43,45-46,48-57,59-60,62-66H2,1-6H3,(H-,71,73,75,76)/b13-10-,22-19-,30-28-,33-32-,36-35-,47-44-,61-58-. The average Bonchev–Trinajstić information content (AvgIpc) is 3.42. The molecule has 0 heterocycles. The van der Waals surface area contributed by atoms with Crippen LogP contribution in [-0.2, 0) is 27.9 Å². The lowest BCUT2D eigenvalue weighted by molar-refractivity contribution is -0.870. The average molecular weight is 1140 g/mol. The van der Waals surface area contributed by atoms with Crippen molar-refractivity contribution in [3.63, 3.8) is 0 Å². The van der Waals surface area contributed by atoms with Gasteiger partial charge in [0.25, 0.3) is 7.82 Å². The first-order valence-electron chi connectivity index (χ1n) is 33.4. The van der Waals surface area contributed by atoms with Gasteiger partial charge in [-0.3, -0.25) is 14.2 Å². The third-order valence-electron chi connectivity index (χ3n) is 14.6. The van der Waals surface area contributed by atoms with Gasteiger partial charge in [-0.15, -0.1) is 0 Å². The highest BCUT2D eigenvalue weighted by atomic mass is 31.2. The molecule has 0 spiro atoms. The number of rotatable bonds is 60. The fourth-order valence-electron chi connectivity index (χ4n) is 9.43. The summed E-state index contributed by atoms with van der Waals surface area (Å²) in [6, 6.07) is -0.900. The third-order valence-corrected chi connectivity index (χ3v) is 15.5. The molecule has 3 unspecified atom stereocenters. The minimum absolute atomic E-state index is 0.0274. The Morgan fingerprint density at radius 2 is 0.800 bits per heavy atom. The molecule has 1 amide bonds. The first-order valence-corrected chi connectivity index (χ1v) is 34.9. The van der Waals surface area contributed by atoms with Crippen molar-refractivity contribution < 1.29 is 37.3 Å². The van der Waals surface area contributed by atoms with Crippen molar-refractivity contribution in [1.29, 1.82) is 0 Å². The zero-order valence-electron chi connectivity index (χ0n) is 53.0. The Labute approximate surface area is 495 Å². The minimum atomic E-state index is -4.71. The highest BCUT2D eigenvalue weighted by Gasteiger charge is 2.27. The number of amides is 1. The van der Waals surface area contributed by atoms with Crippen LogP contribution in [0.1, 0.15) is 297 Å². The van der Waals surface area contributed by atoms with E-state index in [1.54, 1.807) is 0 Å². The SMILES string of the molecule is CC/C=C\C/C=C\C/C=C\C/C=C\C/C=C\CCCCCCCCCCCCCC(=O)OC(/C=C\CCCCCCCCCCCCC)C(COP(=O)([O-])OCC[N+](C)(C)C)NC(=O)CCCCC/C=C\CCCCCCCCC. The summed E-state index contributed by atoms with van der Waals surface area (Å²) in [7, 11) is 1.17. The van der Waals surface area contributed by atoms with Crippen LogP contribution in [0.3, 0.4) is 0 Å². The topological polar surface area (TPSA) is 114 Å². The molecule has 0 rings (SSSR count). The number of phosphoric ester groups is 1. The summed E-state index contributed by atoms with van der Waals surface area (Å²) in [5.41, 5.74) is 0. The van der Waals surface area contributed by atoms with Crippen LogP contribution in [0.2, 0.25) is 0 Å². The molecule has 0 saturated heterocycles. The number of hydrogen-bond donors (Lipinski definition) is 1. The number of phosphoric acid groups is 1. The van der Waals surface area contributed by atoms with Gasteiger partial charge in [0.05, 0.1) is 33.8 Å². The van der Waals surface area contributed by atoms with Crippen LogP contribution in [0, 0.1) is 0 Å². The van der Waals surface area contributed by atoms with Gasteiger partial charge in [0, 0.05) is 12.8 Å². The van der Waals surface area contributed by atoms with Gasteiger partial charge in [-0.25, -0.2) is 0 Å². The highest BCUT2D eigenvalue weighted by Crippen LogP contribution is 2.38. The van der Waals surface area contributed by atoms with Crippen LogP contribution in [0.15, 0.2) is 85.1 Å². The van der Waals surface area contributed by atoms with Crippen LogP contribution < -0.4 is 10.2 Å². The minimum Gasteiger partial charge on any atom is -0.756 e. The summed E-state index contributed by atoms with van der Waals surface area (Å²) < 4.78 is 30.4. The van der Waals surface area contributed by atoms with Gasteiger partial charge in [0.15, 0.2) is 0 Å². The van der Waals surface area contributed by atoms with E-state index in [0.717, 1.165) is 103 Å².